The van der Waals surface area contributed by atoms with Gasteiger partial charge in [0.2, 0.25) is 0 Å². The summed E-state index contributed by atoms with van der Waals surface area (Å²) in [5.74, 6) is 0.487. The van der Waals surface area contributed by atoms with Crippen molar-refractivity contribution in [3.8, 4) is 0 Å². The zero-order chi connectivity index (χ0) is 8.01. The molecule has 0 aromatic rings. The van der Waals surface area contributed by atoms with E-state index in [1.54, 1.807) is 0 Å². The van der Waals surface area contributed by atoms with Crippen molar-refractivity contribution in [1.82, 2.24) is 4.90 Å². The molecule has 0 spiro atoms. The number of Topliss-reactive ketones (excluding diaryl/α,β-unsaturated/α-hetero) is 1. The average molecular weight is 155 g/mol. The third-order valence-electron chi connectivity index (χ3n) is 2.95. The van der Waals surface area contributed by atoms with Gasteiger partial charge >= 0.3 is 0 Å². The van der Waals surface area contributed by atoms with Crippen LogP contribution in [0.4, 0.5) is 0 Å². The molecule has 2 fully saturated rings. The smallest absolute Gasteiger partial charge is 0.147 e. The van der Waals surface area contributed by atoms with E-state index >= 15 is 0 Å². The van der Waals surface area contributed by atoms with Crippen molar-refractivity contribution in [3.05, 3.63) is 0 Å². The van der Waals surface area contributed by atoms with Gasteiger partial charge < -0.3 is 5.11 Å². The van der Waals surface area contributed by atoms with Crippen LogP contribution in [0.1, 0.15) is 13.3 Å². The van der Waals surface area contributed by atoms with Crippen molar-refractivity contribution in [2.45, 2.75) is 25.5 Å². The number of carbonyl (C=O) groups is 1. The predicted octanol–water partition coefficient (Wildman–Crippen LogP) is -0.360. The van der Waals surface area contributed by atoms with Crippen LogP contribution in [0.3, 0.4) is 0 Å². The van der Waals surface area contributed by atoms with Gasteiger partial charge in [-0.15, -0.1) is 0 Å². The van der Waals surface area contributed by atoms with Crippen LogP contribution in [0.25, 0.3) is 0 Å². The summed E-state index contributed by atoms with van der Waals surface area (Å²) < 4.78 is 0. The predicted molar refractivity (Wildman–Crippen MR) is 40.2 cm³/mol. The molecule has 11 heavy (non-hydrogen) atoms. The van der Waals surface area contributed by atoms with Crippen molar-refractivity contribution < 1.29 is 9.90 Å². The van der Waals surface area contributed by atoms with Crippen molar-refractivity contribution in [1.29, 1.82) is 0 Å². The highest BCUT2D eigenvalue weighted by Crippen LogP contribution is 2.31. The molecule has 2 saturated heterocycles. The highest BCUT2D eigenvalue weighted by Gasteiger charge is 2.43. The number of ketones is 1. The molecule has 2 rings (SSSR count). The van der Waals surface area contributed by atoms with E-state index in [1.165, 1.54) is 0 Å². The Bertz CT molecular complexity index is 193. The lowest BCUT2D eigenvalue weighted by molar-refractivity contribution is -0.123. The molecule has 3 heteroatoms. The molecule has 3 nitrogen and oxygen atoms in total. The minimum Gasteiger partial charge on any atom is -0.391 e. The van der Waals surface area contributed by atoms with Crippen LogP contribution in [0.2, 0.25) is 0 Å². The lowest BCUT2D eigenvalue weighted by Crippen LogP contribution is -2.40. The molecule has 0 radical (unpaired) electrons. The number of carbonyl (C=O) groups excluding carboxylic acids is 1. The number of piperidine rings is 1. The summed E-state index contributed by atoms with van der Waals surface area (Å²) in [5.41, 5.74) is 0. The van der Waals surface area contributed by atoms with Crippen molar-refractivity contribution in [2.24, 2.45) is 5.92 Å². The monoisotopic (exact) mass is 155 g/mol. The third-order valence-corrected chi connectivity index (χ3v) is 2.95. The van der Waals surface area contributed by atoms with E-state index in [2.05, 4.69) is 11.8 Å². The van der Waals surface area contributed by atoms with Crippen LogP contribution >= 0.6 is 0 Å². The molecule has 62 valence electrons. The zero-order valence-corrected chi connectivity index (χ0v) is 6.66. The third kappa shape index (κ3) is 0.993. The number of hydrogen-bond acceptors (Lipinski definition) is 3. The van der Waals surface area contributed by atoms with Gasteiger partial charge in [-0.25, -0.2) is 0 Å². The first-order valence-corrected chi connectivity index (χ1v) is 4.12. The Morgan fingerprint density at radius 3 is 3.00 bits per heavy atom. The van der Waals surface area contributed by atoms with Gasteiger partial charge in [-0.1, -0.05) is 0 Å². The number of fused-ring (bicyclic) bond motifs is 2. The maximum absolute atomic E-state index is 11.1. The largest absolute Gasteiger partial charge is 0.391 e. The lowest BCUT2D eigenvalue weighted by atomic mass is 9.91. The Morgan fingerprint density at radius 2 is 2.36 bits per heavy atom. The van der Waals surface area contributed by atoms with Crippen LogP contribution in [-0.2, 0) is 4.79 Å². The molecule has 4 unspecified atom stereocenters. The standard InChI is InChI=1S/C8H13NO2/c1-5-7-2-6(10)3-9(5)4-8(7)11/h5,7-8,11H,2-4H2,1H3. The van der Waals surface area contributed by atoms with Crippen LogP contribution < -0.4 is 0 Å². The molecule has 2 aliphatic heterocycles. The van der Waals surface area contributed by atoms with Gasteiger partial charge in [0.1, 0.15) is 5.78 Å². The normalized spacial score (nSPS) is 49.8. The fourth-order valence-electron chi connectivity index (χ4n) is 2.20. The molecule has 0 aromatic carbocycles. The van der Waals surface area contributed by atoms with E-state index in [-0.39, 0.29) is 17.8 Å². The van der Waals surface area contributed by atoms with E-state index in [9.17, 15) is 9.90 Å². The summed E-state index contributed by atoms with van der Waals surface area (Å²) in [6, 6.07) is 0.405. The average Bonchev–Trinajstić information content (AvgIpc) is 2.17. The lowest BCUT2D eigenvalue weighted by Gasteiger charge is -2.28. The Kier molecular flexibility index (Phi) is 1.51. The molecule has 2 heterocycles. The van der Waals surface area contributed by atoms with Crippen molar-refractivity contribution in [2.75, 3.05) is 13.1 Å². The van der Waals surface area contributed by atoms with Gasteiger partial charge in [0, 0.05) is 24.9 Å². The van der Waals surface area contributed by atoms with E-state index in [0.717, 1.165) is 0 Å². The minimum absolute atomic E-state index is 0.205. The second-order valence-electron chi connectivity index (χ2n) is 3.64. The Balaban J connectivity index is 2.20. The molecule has 0 saturated carbocycles. The maximum atomic E-state index is 11.1. The first-order chi connectivity index (χ1) is 5.18. The number of nitrogens with zero attached hydrogens (tertiary/aromatic N) is 1. The van der Waals surface area contributed by atoms with Gasteiger partial charge in [0.25, 0.3) is 0 Å². The molecule has 1 N–H and O–H groups in total. The molecule has 4 atom stereocenters. The summed E-state index contributed by atoms with van der Waals surface area (Å²) in [4.78, 5) is 13.1. The molecule has 0 amide bonds. The van der Waals surface area contributed by atoms with Gasteiger partial charge in [-0.2, -0.15) is 0 Å². The van der Waals surface area contributed by atoms with E-state index < -0.39 is 0 Å². The molecular formula is C8H13NO2. The van der Waals surface area contributed by atoms with Gasteiger partial charge in [-0.05, 0) is 6.92 Å². The number of aliphatic hydroxyl groups is 1. The SMILES string of the molecule is CC1C2CC(=O)CN1CC2O. The summed E-state index contributed by atoms with van der Waals surface area (Å²) in [5, 5.41) is 9.49. The molecule has 2 aliphatic rings. The summed E-state index contributed by atoms with van der Waals surface area (Å²) in [6.45, 7) is 3.33. The van der Waals surface area contributed by atoms with Crippen LogP contribution in [0, 0.1) is 5.92 Å². The number of hydrogen-bond donors (Lipinski definition) is 1. The van der Waals surface area contributed by atoms with E-state index in [1.807, 2.05) is 0 Å². The molecule has 0 aromatic heterocycles. The van der Waals surface area contributed by atoms with Crippen molar-refractivity contribution >= 4 is 5.78 Å². The first-order valence-electron chi connectivity index (χ1n) is 4.12. The Morgan fingerprint density at radius 1 is 1.64 bits per heavy atom. The summed E-state index contributed by atoms with van der Waals surface area (Å²) in [6.07, 6.45) is 0.315. The fraction of sp³-hybridized carbons (Fsp3) is 0.875. The van der Waals surface area contributed by atoms with Crippen molar-refractivity contribution in [3.63, 3.8) is 0 Å². The maximum Gasteiger partial charge on any atom is 0.147 e. The fourth-order valence-corrected chi connectivity index (χ4v) is 2.20. The molecule has 2 bridgehead atoms. The highest BCUT2D eigenvalue weighted by molar-refractivity contribution is 5.82. The van der Waals surface area contributed by atoms with Crippen LogP contribution in [-0.4, -0.2) is 41.0 Å². The van der Waals surface area contributed by atoms with E-state index in [4.69, 9.17) is 0 Å². The van der Waals surface area contributed by atoms with Gasteiger partial charge in [0.05, 0.1) is 12.6 Å². The van der Waals surface area contributed by atoms with Gasteiger partial charge in [-0.3, -0.25) is 9.69 Å². The summed E-state index contributed by atoms with van der Waals surface area (Å²) in [7, 11) is 0. The Labute approximate surface area is 66.0 Å². The topological polar surface area (TPSA) is 40.5 Å². The Hall–Kier alpha value is -0.410. The second-order valence-corrected chi connectivity index (χ2v) is 3.64. The number of aliphatic hydroxyl groups excluding tert-OH is 1. The van der Waals surface area contributed by atoms with Crippen LogP contribution in [0.15, 0.2) is 0 Å². The van der Waals surface area contributed by atoms with Gasteiger partial charge in [0.15, 0.2) is 0 Å². The summed E-state index contributed by atoms with van der Waals surface area (Å²) >= 11 is 0. The first kappa shape index (κ1) is 7.25. The zero-order valence-electron chi connectivity index (χ0n) is 6.66. The molecule has 0 aliphatic carbocycles. The van der Waals surface area contributed by atoms with E-state index in [0.29, 0.717) is 25.6 Å². The quantitative estimate of drug-likeness (QED) is 0.519. The second kappa shape index (κ2) is 2.29. The number of rotatable bonds is 0. The minimum atomic E-state index is -0.267. The highest BCUT2D eigenvalue weighted by atomic mass is 16.3. The van der Waals surface area contributed by atoms with Crippen LogP contribution in [0.5, 0.6) is 0 Å². The molecular weight excluding hydrogens is 142 g/mol.